The van der Waals surface area contributed by atoms with Crippen molar-refractivity contribution in [2.75, 3.05) is 5.73 Å². The highest BCUT2D eigenvalue weighted by atomic mass is 79.9. The quantitative estimate of drug-likeness (QED) is 0.830. The van der Waals surface area contributed by atoms with E-state index in [1.807, 2.05) is 50.2 Å². The lowest BCUT2D eigenvalue weighted by molar-refractivity contribution is 0.478. The Labute approximate surface area is 110 Å². The van der Waals surface area contributed by atoms with Crippen LogP contribution in [0.15, 0.2) is 40.9 Å². The summed E-state index contributed by atoms with van der Waals surface area (Å²) in [5.41, 5.74) is 8.69. The molecule has 0 aliphatic rings. The molecule has 0 aliphatic heterocycles. The molecule has 88 valence electrons. The van der Waals surface area contributed by atoms with E-state index in [9.17, 15) is 0 Å². The maximum Gasteiger partial charge on any atom is 0.131 e. The number of rotatable bonds is 2. The molecule has 0 aromatic heterocycles. The molecule has 0 atom stereocenters. The molecule has 2 aromatic carbocycles. The van der Waals surface area contributed by atoms with E-state index >= 15 is 0 Å². The molecule has 0 saturated carbocycles. The van der Waals surface area contributed by atoms with Gasteiger partial charge in [-0.2, -0.15) is 0 Å². The van der Waals surface area contributed by atoms with Gasteiger partial charge in [0.25, 0.3) is 0 Å². The monoisotopic (exact) mass is 291 g/mol. The molecule has 0 radical (unpaired) electrons. The Hall–Kier alpha value is -1.48. The van der Waals surface area contributed by atoms with Crippen LogP contribution < -0.4 is 10.5 Å². The Balaban J connectivity index is 2.34. The smallest absolute Gasteiger partial charge is 0.131 e. The van der Waals surface area contributed by atoms with Gasteiger partial charge in [-0.25, -0.2) is 0 Å². The summed E-state index contributed by atoms with van der Waals surface area (Å²) in [6.07, 6.45) is 0. The fraction of sp³-hybridized carbons (Fsp3) is 0.143. The predicted octanol–water partition coefficient (Wildman–Crippen LogP) is 4.44. The molecule has 2 N–H and O–H groups in total. The van der Waals surface area contributed by atoms with Crippen LogP contribution in [0.4, 0.5) is 5.69 Å². The standard InChI is InChI=1S/C14H14BrNO/c1-9-5-12(16)8-13(6-9)17-14-7-11(15)4-3-10(14)2/h3-8H,16H2,1-2H3. The van der Waals surface area contributed by atoms with Gasteiger partial charge < -0.3 is 10.5 Å². The van der Waals surface area contributed by atoms with Gasteiger partial charge in [-0.1, -0.05) is 22.0 Å². The van der Waals surface area contributed by atoms with Crippen molar-refractivity contribution in [3.8, 4) is 11.5 Å². The number of anilines is 1. The molecule has 0 unspecified atom stereocenters. The van der Waals surface area contributed by atoms with Gasteiger partial charge in [0.1, 0.15) is 11.5 Å². The highest BCUT2D eigenvalue weighted by Crippen LogP contribution is 2.29. The third-order valence-electron chi connectivity index (χ3n) is 2.45. The van der Waals surface area contributed by atoms with Gasteiger partial charge in [0, 0.05) is 16.2 Å². The summed E-state index contributed by atoms with van der Waals surface area (Å²) in [4.78, 5) is 0. The normalized spacial score (nSPS) is 10.3. The van der Waals surface area contributed by atoms with E-state index < -0.39 is 0 Å². The van der Waals surface area contributed by atoms with E-state index in [0.29, 0.717) is 5.69 Å². The van der Waals surface area contributed by atoms with Crippen LogP contribution >= 0.6 is 15.9 Å². The summed E-state index contributed by atoms with van der Waals surface area (Å²) in [6.45, 7) is 4.01. The summed E-state index contributed by atoms with van der Waals surface area (Å²) in [5.74, 6) is 1.60. The largest absolute Gasteiger partial charge is 0.457 e. The van der Waals surface area contributed by atoms with Crippen molar-refractivity contribution in [2.24, 2.45) is 0 Å². The number of halogens is 1. The maximum atomic E-state index is 5.84. The van der Waals surface area contributed by atoms with E-state index in [2.05, 4.69) is 15.9 Å². The van der Waals surface area contributed by atoms with Gasteiger partial charge in [-0.15, -0.1) is 0 Å². The fourth-order valence-corrected chi connectivity index (χ4v) is 1.99. The first-order valence-electron chi connectivity index (χ1n) is 5.36. The van der Waals surface area contributed by atoms with Gasteiger partial charge in [-0.05, 0) is 49.2 Å². The number of benzene rings is 2. The van der Waals surface area contributed by atoms with Crippen LogP contribution in [-0.4, -0.2) is 0 Å². The summed E-state index contributed by atoms with van der Waals surface area (Å²) < 4.78 is 6.84. The zero-order chi connectivity index (χ0) is 12.4. The van der Waals surface area contributed by atoms with E-state index in [1.54, 1.807) is 0 Å². The van der Waals surface area contributed by atoms with E-state index in [-0.39, 0.29) is 0 Å². The Bertz CT molecular complexity index is 532. The molecule has 0 bridgehead atoms. The lowest BCUT2D eigenvalue weighted by Gasteiger charge is -2.10. The highest BCUT2D eigenvalue weighted by molar-refractivity contribution is 9.10. The molecule has 0 saturated heterocycles. The summed E-state index contributed by atoms with van der Waals surface area (Å²) >= 11 is 3.43. The highest BCUT2D eigenvalue weighted by Gasteiger charge is 2.03. The second kappa shape index (κ2) is 4.80. The van der Waals surface area contributed by atoms with Crippen molar-refractivity contribution in [3.05, 3.63) is 52.0 Å². The maximum absolute atomic E-state index is 5.84. The average molecular weight is 292 g/mol. The Morgan fingerprint density at radius 3 is 2.53 bits per heavy atom. The molecule has 0 spiro atoms. The van der Waals surface area contributed by atoms with Crippen LogP contribution in [0.25, 0.3) is 0 Å². The van der Waals surface area contributed by atoms with Crippen molar-refractivity contribution in [3.63, 3.8) is 0 Å². The van der Waals surface area contributed by atoms with Crippen molar-refractivity contribution in [1.82, 2.24) is 0 Å². The Morgan fingerprint density at radius 1 is 1.06 bits per heavy atom. The molecule has 0 fully saturated rings. The number of aryl methyl sites for hydroxylation is 2. The van der Waals surface area contributed by atoms with Crippen molar-refractivity contribution < 1.29 is 4.74 Å². The van der Waals surface area contributed by atoms with Crippen LogP contribution in [0.5, 0.6) is 11.5 Å². The molecule has 2 nitrogen and oxygen atoms in total. The van der Waals surface area contributed by atoms with Crippen molar-refractivity contribution >= 4 is 21.6 Å². The first-order chi connectivity index (χ1) is 8.04. The zero-order valence-electron chi connectivity index (χ0n) is 9.83. The van der Waals surface area contributed by atoms with Crippen LogP contribution in [0.3, 0.4) is 0 Å². The number of hydrogen-bond donors (Lipinski definition) is 1. The zero-order valence-corrected chi connectivity index (χ0v) is 11.4. The third kappa shape index (κ3) is 3.01. The molecule has 3 heteroatoms. The number of nitrogen functional groups attached to an aromatic ring is 1. The van der Waals surface area contributed by atoms with Crippen molar-refractivity contribution in [2.45, 2.75) is 13.8 Å². The van der Waals surface area contributed by atoms with Crippen molar-refractivity contribution in [1.29, 1.82) is 0 Å². The van der Waals surface area contributed by atoms with E-state index in [0.717, 1.165) is 27.1 Å². The topological polar surface area (TPSA) is 35.2 Å². The fourth-order valence-electron chi connectivity index (χ4n) is 1.65. The second-order valence-electron chi connectivity index (χ2n) is 4.09. The van der Waals surface area contributed by atoms with Gasteiger partial charge in [0.05, 0.1) is 0 Å². The predicted molar refractivity (Wildman–Crippen MR) is 74.5 cm³/mol. The minimum absolute atomic E-state index is 0.715. The van der Waals surface area contributed by atoms with Gasteiger partial charge in [0.15, 0.2) is 0 Å². The molecule has 17 heavy (non-hydrogen) atoms. The third-order valence-corrected chi connectivity index (χ3v) is 2.94. The van der Waals surface area contributed by atoms with Gasteiger partial charge >= 0.3 is 0 Å². The van der Waals surface area contributed by atoms with Crippen LogP contribution in [0.1, 0.15) is 11.1 Å². The number of ether oxygens (including phenoxy) is 1. The van der Waals surface area contributed by atoms with Crippen LogP contribution in [0.2, 0.25) is 0 Å². The van der Waals surface area contributed by atoms with Gasteiger partial charge in [0.2, 0.25) is 0 Å². The van der Waals surface area contributed by atoms with Gasteiger partial charge in [-0.3, -0.25) is 0 Å². The number of hydrogen-bond acceptors (Lipinski definition) is 2. The summed E-state index contributed by atoms with van der Waals surface area (Å²) in [5, 5.41) is 0. The second-order valence-corrected chi connectivity index (χ2v) is 5.01. The van der Waals surface area contributed by atoms with E-state index in [4.69, 9.17) is 10.5 Å². The average Bonchev–Trinajstić information content (AvgIpc) is 2.22. The minimum atomic E-state index is 0.715. The molecular weight excluding hydrogens is 278 g/mol. The molecule has 2 aromatic rings. The lowest BCUT2D eigenvalue weighted by Crippen LogP contribution is -1.91. The first kappa shape index (κ1) is 12.0. The molecule has 2 rings (SSSR count). The summed E-state index contributed by atoms with van der Waals surface area (Å²) in [7, 11) is 0. The first-order valence-corrected chi connectivity index (χ1v) is 6.15. The van der Waals surface area contributed by atoms with E-state index in [1.165, 1.54) is 0 Å². The Morgan fingerprint density at radius 2 is 1.82 bits per heavy atom. The molecule has 0 amide bonds. The van der Waals surface area contributed by atoms with Crippen LogP contribution in [-0.2, 0) is 0 Å². The SMILES string of the molecule is Cc1cc(N)cc(Oc2cc(Br)ccc2C)c1. The minimum Gasteiger partial charge on any atom is -0.457 e. The molecular formula is C14H14BrNO. The lowest BCUT2D eigenvalue weighted by atomic mass is 10.2. The summed E-state index contributed by atoms with van der Waals surface area (Å²) in [6, 6.07) is 11.7. The number of nitrogens with two attached hydrogens (primary N) is 1. The molecule has 0 heterocycles. The Kier molecular flexibility index (Phi) is 3.38. The molecule has 0 aliphatic carbocycles. The van der Waals surface area contributed by atoms with Crippen LogP contribution in [0, 0.1) is 13.8 Å².